The molecule has 1 rings (SSSR count). The van der Waals surface area contributed by atoms with Crippen molar-refractivity contribution >= 4 is 0 Å². The third kappa shape index (κ3) is 7.47. The molecule has 1 aromatic rings. The number of unbranched alkanes of at least 4 members (excludes halogenated alkanes) is 8. The van der Waals surface area contributed by atoms with E-state index >= 15 is 0 Å². The lowest BCUT2D eigenvalue weighted by molar-refractivity contribution is -0.704. The molecule has 0 unspecified atom stereocenters. The highest BCUT2D eigenvalue weighted by atomic mass is 15.1. The molecule has 22 heavy (non-hydrogen) atoms. The van der Waals surface area contributed by atoms with Gasteiger partial charge in [0.25, 0.3) is 5.82 Å². The molecular formula is C20H39N2+. The van der Waals surface area contributed by atoms with Crippen molar-refractivity contribution in [1.29, 1.82) is 0 Å². The van der Waals surface area contributed by atoms with Crippen LogP contribution in [-0.4, -0.2) is 4.57 Å². The van der Waals surface area contributed by atoms with E-state index in [1.54, 1.807) is 5.82 Å². The minimum absolute atomic E-state index is 1.19. The van der Waals surface area contributed by atoms with Gasteiger partial charge in [0, 0.05) is 6.42 Å². The van der Waals surface area contributed by atoms with Crippen molar-refractivity contribution in [3.8, 4) is 0 Å². The maximum absolute atomic E-state index is 2.53. The van der Waals surface area contributed by atoms with Crippen LogP contribution in [0.25, 0.3) is 0 Å². The first-order valence-corrected chi connectivity index (χ1v) is 9.90. The molecule has 0 radical (unpaired) electrons. The summed E-state index contributed by atoms with van der Waals surface area (Å²) >= 11 is 0. The summed E-state index contributed by atoms with van der Waals surface area (Å²) in [7, 11) is 0. The molecule has 0 saturated carbocycles. The van der Waals surface area contributed by atoms with Gasteiger partial charge in [-0.3, -0.25) is 0 Å². The highest BCUT2D eigenvalue weighted by Gasteiger charge is 2.15. The Labute approximate surface area is 138 Å². The van der Waals surface area contributed by atoms with Gasteiger partial charge in [-0.1, -0.05) is 65.7 Å². The van der Waals surface area contributed by atoms with Crippen LogP contribution in [0.5, 0.6) is 0 Å². The third-order valence-electron chi connectivity index (χ3n) is 4.60. The maximum atomic E-state index is 2.53. The van der Waals surface area contributed by atoms with Crippen LogP contribution in [-0.2, 0) is 19.5 Å². The van der Waals surface area contributed by atoms with Crippen molar-refractivity contribution in [2.75, 3.05) is 0 Å². The molecule has 0 saturated heterocycles. The first-order valence-electron chi connectivity index (χ1n) is 9.90. The summed E-state index contributed by atoms with van der Waals surface area (Å²) in [6.07, 6.45) is 20.8. The molecule has 0 atom stereocenters. The Hall–Kier alpha value is -0.790. The third-order valence-corrected chi connectivity index (χ3v) is 4.60. The van der Waals surface area contributed by atoms with Crippen molar-refractivity contribution < 1.29 is 4.57 Å². The molecule has 0 aromatic carbocycles. The Morgan fingerprint density at radius 2 is 1.41 bits per heavy atom. The van der Waals surface area contributed by atoms with Gasteiger partial charge in [0.15, 0.2) is 0 Å². The Morgan fingerprint density at radius 3 is 2.09 bits per heavy atom. The van der Waals surface area contributed by atoms with Crippen LogP contribution in [0.2, 0.25) is 0 Å². The van der Waals surface area contributed by atoms with E-state index in [2.05, 4.69) is 42.3 Å². The SMILES string of the molecule is CCCCCCCCCn1cc[n+](CCCC)c1CCCC. The summed E-state index contributed by atoms with van der Waals surface area (Å²) in [6, 6.07) is 0. The standard InChI is InChI=1S/C20H39N2/c1-4-7-10-11-12-13-14-17-22-19-18-21(16-9-6-3)20(22)15-8-5-2/h18-19H,4-17H2,1-3H3/q+1. The summed E-state index contributed by atoms with van der Waals surface area (Å²) in [5, 5.41) is 0. The Bertz CT molecular complexity index is 368. The van der Waals surface area contributed by atoms with E-state index in [0.29, 0.717) is 0 Å². The molecular weight excluding hydrogens is 268 g/mol. The second kappa shape index (κ2) is 12.7. The van der Waals surface area contributed by atoms with E-state index in [0.717, 1.165) is 0 Å². The summed E-state index contributed by atoms with van der Waals surface area (Å²) in [6.45, 7) is 9.27. The average molecular weight is 308 g/mol. The van der Waals surface area contributed by atoms with Gasteiger partial charge in [-0.2, -0.15) is 0 Å². The summed E-state index contributed by atoms with van der Waals surface area (Å²) in [5.41, 5.74) is 0. The van der Waals surface area contributed by atoms with Crippen LogP contribution in [0.1, 0.15) is 97.2 Å². The average Bonchev–Trinajstić information content (AvgIpc) is 2.92. The zero-order chi connectivity index (χ0) is 16.0. The molecule has 0 spiro atoms. The molecule has 0 N–H and O–H groups in total. The van der Waals surface area contributed by atoms with E-state index in [4.69, 9.17) is 0 Å². The molecule has 0 amide bonds. The van der Waals surface area contributed by atoms with Gasteiger partial charge in [-0.05, 0) is 25.7 Å². The summed E-state index contributed by atoms with van der Waals surface area (Å²) < 4.78 is 5.03. The summed E-state index contributed by atoms with van der Waals surface area (Å²) in [5.74, 6) is 1.56. The lowest BCUT2D eigenvalue weighted by atomic mass is 10.1. The predicted octanol–water partition coefficient (Wildman–Crippen LogP) is 5.67. The van der Waals surface area contributed by atoms with E-state index in [1.165, 1.54) is 90.1 Å². The maximum Gasteiger partial charge on any atom is 0.256 e. The number of hydrogen-bond donors (Lipinski definition) is 0. The van der Waals surface area contributed by atoms with E-state index in [9.17, 15) is 0 Å². The van der Waals surface area contributed by atoms with E-state index in [-0.39, 0.29) is 0 Å². The molecule has 2 nitrogen and oxygen atoms in total. The van der Waals surface area contributed by atoms with Crippen molar-refractivity contribution in [3.05, 3.63) is 18.2 Å². The fourth-order valence-corrected chi connectivity index (χ4v) is 3.10. The van der Waals surface area contributed by atoms with Gasteiger partial charge in [-0.25, -0.2) is 9.13 Å². The number of aryl methyl sites for hydroxylation is 2. The van der Waals surface area contributed by atoms with Gasteiger partial charge in [-0.15, -0.1) is 0 Å². The van der Waals surface area contributed by atoms with Gasteiger partial charge >= 0.3 is 0 Å². The zero-order valence-corrected chi connectivity index (χ0v) is 15.4. The Kier molecular flexibility index (Phi) is 11.1. The second-order valence-electron chi connectivity index (χ2n) is 6.68. The van der Waals surface area contributed by atoms with Crippen molar-refractivity contribution in [2.24, 2.45) is 0 Å². The van der Waals surface area contributed by atoms with Gasteiger partial charge in [0.2, 0.25) is 0 Å². The molecule has 0 aliphatic carbocycles. The highest BCUT2D eigenvalue weighted by Crippen LogP contribution is 2.10. The van der Waals surface area contributed by atoms with Crippen LogP contribution in [0.4, 0.5) is 0 Å². The molecule has 2 heteroatoms. The van der Waals surface area contributed by atoms with E-state index < -0.39 is 0 Å². The first kappa shape index (κ1) is 19.3. The van der Waals surface area contributed by atoms with Gasteiger partial charge in [0.1, 0.15) is 12.4 Å². The minimum Gasteiger partial charge on any atom is -0.234 e. The lowest BCUT2D eigenvalue weighted by Gasteiger charge is -2.05. The topological polar surface area (TPSA) is 8.81 Å². The minimum atomic E-state index is 1.19. The molecule has 1 heterocycles. The zero-order valence-electron chi connectivity index (χ0n) is 15.4. The van der Waals surface area contributed by atoms with Gasteiger partial charge < -0.3 is 0 Å². The number of aromatic nitrogens is 2. The molecule has 0 fully saturated rings. The fourth-order valence-electron chi connectivity index (χ4n) is 3.10. The Morgan fingerprint density at radius 1 is 0.773 bits per heavy atom. The molecule has 0 bridgehead atoms. The lowest BCUT2D eigenvalue weighted by Crippen LogP contribution is -2.37. The van der Waals surface area contributed by atoms with Gasteiger partial charge in [0.05, 0.1) is 13.1 Å². The summed E-state index contributed by atoms with van der Waals surface area (Å²) in [4.78, 5) is 0. The largest absolute Gasteiger partial charge is 0.256 e. The van der Waals surface area contributed by atoms with Crippen LogP contribution < -0.4 is 4.57 Å². The monoisotopic (exact) mass is 307 g/mol. The first-order chi connectivity index (χ1) is 10.8. The van der Waals surface area contributed by atoms with E-state index in [1.807, 2.05) is 0 Å². The molecule has 0 aliphatic rings. The molecule has 128 valence electrons. The molecule has 1 aromatic heterocycles. The highest BCUT2D eigenvalue weighted by molar-refractivity contribution is 4.84. The second-order valence-corrected chi connectivity index (χ2v) is 6.68. The smallest absolute Gasteiger partial charge is 0.234 e. The van der Waals surface area contributed by atoms with Crippen LogP contribution in [0, 0.1) is 0 Å². The van der Waals surface area contributed by atoms with Crippen molar-refractivity contribution in [3.63, 3.8) is 0 Å². The van der Waals surface area contributed by atoms with Crippen molar-refractivity contribution in [1.82, 2.24) is 4.57 Å². The Balaban J connectivity index is 2.38. The van der Waals surface area contributed by atoms with Crippen LogP contribution >= 0.6 is 0 Å². The fraction of sp³-hybridized carbons (Fsp3) is 0.850. The van der Waals surface area contributed by atoms with Crippen LogP contribution in [0.15, 0.2) is 12.4 Å². The number of hydrogen-bond acceptors (Lipinski definition) is 0. The number of imidazole rings is 1. The molecule has 0 aliphatic heterocycles. The van der Waals surface area contributed by atoms with Crippen molar-refractivity contribution in [2.45, 2.75) is 111 Å². The predicted molar refractivity (Wildman–Crippen MR) is 96.1 cm³/mol. The van der Waals surface area contributed by atoms with Crippen LogP contribution in [0.3, 0.4) is 0 Å². The number of nitrogens with zero attached hydrogens (tertiary/aromatic N) is 2. The quantitative estimate of drug-likeness (QED) is 0.309. The number of rotatable bonds is 14. The normalized spacial score (nSPS) is 11.2.